The zero-order valence-corrected chi connectivity index (χ0v) is 14.0. The Balaban J connectivity index is 1.66. The molecule has 0 bridgehead atoms. The third kappa shape index (κ3) is 3.74. The molecule has 1 aromatic heterocycles. The first-order valence-electron chi connectivity index (χ1n) is 7.82. The van der Waals surface area contributed by atoms with Crippen LogP contribution in [0.1, 0.15) is 22.2 Å². The van der Waals surface area contributed by atoms with E-state index in [2.05, 4.69) is 6.92 Å². The van der Waals surface area contributed by atoms with Crippen molar-refractivity contribution in [1.82, 2.24) is 4.90 Å². The molecule has 1 saturated heterocycles. The van der Waals surface area contributed by atoms with Crippen molar-refractivity contribution in [3.05, 3.63) is 52.2 Å². The largest absolute Gasteiger partial charge is 0.488 e. The molecule has 1 aromatic carbocycles. The molecule has 122 valence electrons. The smallest absolute Gasteiger partial charge is 0.254 e. The van der Waals surface area contributed by atoms with Gasteiger partial charge in [0.15, 0.2) is 0 Å². The fourth-order valence-corrected chi connectivity index (χ4v) is 3.50. The summed E-state index contributed by atoms with van der Waals surface area (Å²) in [6, 6.07) is 11.4. The van der Waals surface area contributed by atoms with Crippen LogP contribution in [-0.4, -0.2) is 35.6 Å². The topological polar surface area (TPSA) is 49.8 Å². The summed E-state index contributed by atoms with van der Waals surface area (Å²) in [5.41, 5.74) is 0.638. The van der Waals surface area contributed by atoms with Crippen LogP contribution in [0.25, 0.3) is 0 Å². The van der Waals surface area contributed by atoms with Crippen LogP contribution in [0.15, 0.2) is 41.8 Å². The fraction of sp³-hybridized carbons (Fsp3) is 0.389. The standard InChI is InChI=1S/C18H21NO3S/c1-13-9-19(10-15(13)11-20)18(21)14-4-2-5-16(8-14)22-12-17-6-3-7-23-17/h2-8,13,15,20H,9-12H2,1H3/t13-,15+/m1/s1. The normalized spacial score (nSPS) is 20.7. The SMILES string of the molecule is C[C@@H]1CN(C(=O)c2cccc(OCc3cccs3)c2)C[C@H]1CO. The minimum atomic E-state index is 0.00868. The van der Waals surface area contributed by atoms with Crippen LogP contribution in [0.5, 0.6) is 5.75 Å². The molecule has 1 fully saturated rings. The molecule has 2 heterocycles. The Morgan fingerprint density at radius 1 is 1.35 bits per heavy atom. The second-order valence-electron chi connectivity index (χ2n) is 6.03. The van der Waals surface area contributed by atoms with E-state index in [-0.39, 0.29) is 18.4 Å². The fourth-order valence-electron chi connectivity index (χ4n) is 2.89. The van der Waals surface area contributed by atoms with E-state index in [0.29, 0.717) is 36.9 Å². The number of aliphatic hydroxyl groups excluding tert-OH is 1. The summed E-state index contributed by atoms with van der Waals surface area (Å²) in [7, 11) is 0. The maximum absolute atomic E-state index is 12.6. The second-order valence-corrected chi connectivity index (χ2v) is 7.06. The molecule has 0 spiro atoms. The predicted octanol–water partition coefficient (Wildman–Crippen LogP) is 3.03. The number of carbonyl (C=O) groups excluding carboxylic acids is 1. The van der Waals surface area contributed by atoms with Crippen LogP contribution in [0.4, 0.5) is 0 Å². The maximum Gasteiger partial charge on any atom is 0.254 e. The van der Waals surface area contributed by atoms with Gasteiger partial charge in [0.05, 0.1) is 0 Å². The Hall–Kier alpha value is -1.85. The van der Waals surface area contributed by atoms with Crippen molar-refractivity contribution in [3.8, 4) is 5.75 Å². The van der Waals surface area contributed by atoms with Gasteiger partial charge < -0.3 is 14.7 Å². The molecule has 3 rings (SSSR count). The molecule has 5 heteroatoms. The Morgan fingerprint density at radius 3 is 2.91 bits per heavy atom. The van der Waals surface area contributed by atoms with E-state index < -0.39 is 0 Å². The first kappa shape index (κ1) is 16.0. The van der Waals surface area contributed by atoms with E-state index in [1.54, 1.807) is 17.4 Å². The minimum absolute atomic E-state index is 0.00868. The molecule has 1 amide bonds. The van der Waals surface area contributed by atoms with Gasteiger partial charge in [0.25, 0.3) is 5.91 Å². The average Bonchev–Trinajstić information content (AvgIpc) is 3.21. The Morgan fingerprint density at radius 2 is 2.22 bits per heavy atom. The molecule has 0 unspecified atom stereocenters. The van der Waals surface area contributed by atoms with E-state index in [4.69, 9.17) is 4.74 Å². The van der Waals surface area contributed by atoms with Crippen molar-refractivity contribution in [2.45, 2.75) is 13.5 Å². The number of carbonyl (C=O) groups is 1. The first-order valence-corrected chi connectivity index (χ1v) is 8.70. The van der Waals surface area contributed by atoms with Crippen LogP contribution < -0.4 is 4.74 Å². The predicted molar refractivity (Wildman–Crippen MR) is 90.7 cm³/mol. The van der Waals surface area contributed by atoms with E-state index >= 15 is 0 Å². The Kier molecular flexibility index (Phi) is 4.98. The number of aliphatic hydroxyl groups is 1. The third-order valence-electron chi connectivity index (χ3n) is 4.33. The summed E-state index contributed by atoms with van der Waals surface area (Å²) < 4.78 is 5.77. The van der Waals surface area contributed by atoms with Crippen molar-refractivity contribution in [3.63, 3.8) is 0 Å². The van der Waals surface area contributed by atoms with Gasteiger partial charge in [-0.3, -0.25) is 4.79 Å². The minimum Gasteiger partial charge on any atom is -0.488 e. The number of amides is 1. The lowest BCUT2D eigenvalue weighted by Gasteiger charge is -2.16. The highest BCUT2D eigenvalue weighted by molar-refractivity contribution is 7.09. The number of ether oxygens (including phenoxy) is 1. The molecular weight excluding hydrogens is 310 g/mol. The number of likely N-dealkylation sites (tertiary alicyclic amines) is 1. The molecule has 4 nitrogen and oxygen atoms in total. The lowest BCUT2D eigenvalue weighted by Crippen LogP contribution is -2.29. The van der Waals surface area contributed by atoms with Gasteiger partial charge >= 0.3 is 0 Å². The number of hydrogen-bond donors (Lipinski definition) is 1. The molecule has 0 radical (unpaired) electrons. The lowest BCUT2D eigenvalue weighted by molar-refractivity contribution is 0.0780. The molecule has 23 heavy (non-hydrogen) atoms. The highest BCUT2D eigenvalue weighted by Crippen LogP contribution is 2.25. The summed E-state index contributed by atoms with van der Waals surface area (Å²) >= 11 is 1.65. The molecular formula is C18H21NO3S. The van der Waals surface area contributed by atoms with Gasteiger partial charge in [0.2, 0.25) is 0 Å². The van der Waals surface area contributed by atoms with E-state index in [9.17, 15) is 9.90 Å². The van der Waals surface area contributed by atoms with Crippen molar-refractivity contribution in [2.75, 3.05) is 19.7 Å². The summed E-state index contributed by atoms with van der Waals surface area (Å²) in [4.78, 5) is 15.6. The summed E-state index contributed by atoms with van der Waals surface area (Å²) in [5.74, 6) is 1.23. The van der Waals surface area contributed by atoms with Crippen LogP contribution in [-0.2, 0) is 6.61 Å². The van der Waals surface area contributed by atoms with E-state index in [0.717, 1.165) is 4.88 Å². The second kappa shape index (κ2) is 7.15. The molecule has 2 aromatic rings. The Labute approximate surface area is 140 Å². The maximum atomic E-state index is 12.6. The Bertz CT molecular complexity index is 656. The van der Waals surface area contributed by atoms with Crippen molar-refractivity contribution >= 4 is 17.2 Å². The van der Waals surface area contributed by atoms with E-state index in [1.807, 2.05) is 40.6 Å². The first-order chi connectivity index (χ1) is 11.2. The molecule has 0 saturated carbocycles. The molecule has 1 aliphatic heterocycles. The number of benzene rings is 1. The highest BCUT2D eigenvalue weighted by Gasteiger charge is 2.32. The van der Waals surface area contributed by atoms with Crippen LogP contribution >= 0.6 is 11.3 Å². The molecule has 1 aliphatic rings. The van der Waals surface area contributed by atoms with Gasteiger partial charge in [0.1, 0.15) is 12.4 Å². The van der Waals surface area contributed by atoms with Crippen molar-refractivity contribution in [1.29, 1.82) is 0 Å². The van der Waals surface area contributed by atoms with Crippen molar-refractivity contribution < 1.29 is 14.6 Å². The van der Waals surface area contributed by atoms with Gasteiger partial charge in [-0.25, -0.2) is 0 Å². The molecule has 1 N–H and O–H groups in total. The summed E-state index contributed by atoms with van der Waals surface area (Å²) in [5, 5.41) is 11.4. The average molecular weight is 331 g/mol. The van der Waals surface area contributed by atoms with Gasteiger partial charge in [-0.2, -0.15) is 0 Å². The zero-order chi connectivity index (χ0) is 16.2. The quantitative estimate of drug-likeness (QED) is 0.916. The highest BCUT2D eigenvalue weighted by atomic mass is 32.1. The molecule has 2 atom stereocenters. The van der Waals surface area contributed by atoms with Gasteiger partial charge in [-0.15, -0.1) is 11.3 Å². The van der Waals surface area contributed by atoms with Gasteiger partial charge in [-0.1, -0.05) is 19.1 Å². The van der Waals surface area contributed by atoms with E-state index in [1.165, 1.54) is 0 Å². The number of thiophene rings is 1. The number of rotatable bonds is 5. The number of hydrogen-bond acceptors (Lipinski definition) is 4. The zero-order valence-electron chi connectivity index (χ0n) is 13.1. The summed E-state index contributed by atoms with van der Waals surface area (Å²) in [6.45, 7) is 4.05. The van der Waals surface area contributed by atoms with Gasteiger partial charge in [0, 0.05) is 36.1 Å². The number of nitrogens with zero attached hydrogens (tertiary/aromatic N) is 1. The monoisotopic (exact) mass is 331 g/mol. The van der Waals surface area contributed by atoms with Crippen LogP contribution in [0.3, 0.4) is 0 Å². The third-order valence-corrected chi connectivity index (χ3v) is 5.18. The lowest BCUT2D eigenvalue weighted by atomic mass is 10.00. The van der Waals surface area contributed by atoms with Gasteiger partial charge in [-0.05, 0) is 35.6 Å². The van der Waals surface area contributed by atoms with Crippen molar-refractivity contribution in [2.24, 2.45) is 11.8 Å². The summed E-state index contributed by atoms with van der Waals surface area (Å²) in [6.07, 6.45) is 0. The van der Waals surface area contributed by atoms with Crippen LogP contribution in [0, 0.1) is 11.8 Å². The van der Waals surface area contributed by atoms with Crippen LogP contribution in [0.2, 0.25) is 0 Å². The molecule has 0 aliphatic carbocycles.